The van der Waals surface area contributed by atoms with Crippen molar-refractivity contribution in [2.75, 3.05) is 13.1 Å². The number of nitrogens with zero attached hydrogens (tertiary/aromatic N) is 2. The number of rotatable bonds is 6. The molecule has 1 fully saturated rings. The van der Waals surface area contributed by atoms with Crippen molar-refractivity contribution in [1.82, 2.24) is 15.6 Å². The van der Waals surface area contributed by atoms with Gasteiger partial charge in [-0.2, -0.15) is 0 Å². The Bertz CT molecular complexity index is 461. The number of aromatic nitrogens is 1. The number of hydrogen-bond acceptors (Lipinski definition) is 3. The second-order valence-electron chi connectivity index (χ2n) is 6.35. The summed E-state index contributed by atoms with van der Waals surface area (Å²) < 4.78 is 0. The molecule has 1 aliphatic rings. The van der Waals surface area contributed by atoms with Crippen molar-refractivity contribution >= 4 is 17.3 Å². The number of nitrogens with one attached hydrogen (secondary N) is 2. The molecule has 0 radical (unpaired) electrons. The highest BCUT2D eigenvalue weighted by Crippen LogP contribution is 2.23. The molecular formula is C17H30N4S. The van der Waals surface area contributed by atoms with E-state index in [4.69, 9.17) is 4.99 Å². The van der Waals surface area contributed by atoms with Crippen LogP contribution in [0.25, 0.3) is 0 Å². The average Bonchev–Trinajstić information content (AvgIpc) is 2.91. The predicted molar refractivity (Wildman–Crippen MR) is 95.7 cm³/mol. The van der Waals surface area contributed by atoms with Gasteiger partial charge in [-0.3, -0.25) is 4.99 Å². The van der Waals surface area contributed by atoms with Crippen LogP contribution in [-0.2, 0) is 6.42 Å². The van der Waals surface area contributed by atoms with Gasteiger partial charge in [0.05, 0.1) is 5.01 Å². The van der Waals surface area contributed by atoms with Gasteiger partial charge in [0.1, 0.15) is 0 Å². The molecule has 0 unspecified atom stereocenters. The average molecular weight is 323 g/mol. The highest BCUT2D eigenvalue weighted by Gasteiger charge is 2.18. The zero-order valence-corrected chi connectivity index (χ0v) is 15.0. The molecule has 2 rings (SSSR count). The van der Waals surface area contributed by atoms with Crippen LogP contribution in [-0.4, -0.2) is 30.1 Å². The normalized spacial score (nSPS) is 22.6. The molecule has 0 aromatic carbocycles. The fourth-order valence-electron chi connectivity index (χ4n) is 2.86. The number of hydrogen-bond donors (Lipinski definition) is 2. The molecule has 124 valence electrons. The molecule has 0 amide bonds. The van der Waals surface area contributed by atoms with E-state index in [9.17, 15) is 0 Å². The number of aliphatic imine (C=N–C) groups is 1. The highest BCUT2D eigenvalue weighted by atomic mass is 32.1. The maximum atomic E-state index is 4.72. The largest absolute Gasteiger partial charge is 0.357 e. The van der Waals surface area contributed by atoms with E-state index in [0.717, 1.165) is 43.5 Å². The molecule has 0 aliphatic heterocycles. The van der Waals surface area contributed by atoms with E-state index in [0.29, 0.717) is 6.04 Å². The molecule has 1 heterocycles. The smallest absolute Gasteiger partial charge is 0.191 e. The van der Waals surface area contributed by atoms with Crippen LogP contribution >= 0.6 is 11.3 Å². The Balaban J connectivity index is 1.74. The first-order valence-electron chi connectivity index (χ1n) is 8.63. The minimum atomic E-state index is 0.593. The van der Waals surface area contributed by atoms with Gasteiger partial charge in [0.25, 0.3) is 0 Å². The molecule has 2 N–H and O–H groups in total. The molecule has 22 heavy (non-hydrogen) atoms. The van der Waals surface area contributed by atoms with E-state index in [1.165, 1.54) is 30.7 Å². The molecule has 0 saturated heterocycles. The molecule has 1 aromatic heterocycles. The summed E-state index contributed by atoms with van der Waals surface area (Å²) in [5.41, 5.74) is 1.13. The molecule has 0 spiro atoms. The van der Waals surface area contributed by atoms with Crippen LogP contribution in [0, 0.1) is 12.8 Å². The van der Waals surface area contributed by atoms with Crippen molar-refractivity contribution in [1.29, 1.82) is 0 Å². The third kappa shape index (κ3) is 5.95. The van der Waals surface area contributed by atoms with Crippen LogP contribution in [0.4, 0.5) is 0 Å². The summed E-state index contributed by atoms with van der Waals surface area (Å²) in [5, 5.41) is 10.3. The third-order valence-corrected chi connectivity index (χ3v) is 5.21. The van der Waals surface area contributed by atoms with E-state index in [1.807, 2.05) is 0 Å². The summed E-state index contributed by atoms with van der Waals surface area (Å²) in [5.74, 6) is 1.87. The van der Waals surface area contributed by atoms with Gasteiger partial charge in [-0.05, 0) is 51.9 Å². The maximum Gasteiger partial charge on any atom is 0.191 e. The van der Waals surface area contributed by atoms with Crippen molar-refractivity contribution in [2.24, 2.45) is 10.9 Å². The van der Waals surface area contributed by atoms with Crippen LogP contribution in [0.2, 0.25) is 0 Å². The van der Waals surface area contributed by atoms with E-state index in [-0.39, 0.29) is 0 Å². The Hall–Kier alpha value is -1.10. The Labute approximate surface area is 138 Å². The minimum Gasteiger partial charge on any atom is -0.357 e. The maximum absolute atomic E-state index is 4.72. The van der Waals surface area contributed by atoms with E-state index >= 15 is 0 Å². The zero-order valence-electron chi connectivity index (χ0n) is 14.2. The summed E-state index contributed by atoms with van der Waals surface area (Å²) in [6.45, 7) is 8.31. The molecule has 1 aliphatic carbocycles. The summed E-state index contributed by atoms with van der Waals surface area (Å²) in [7, 11) is 0. The van der Waals surface area contributed by atoms with Crippen LogP contribution in [0.15, 0.2) is 10.4 Å². The van der Waals surface area contributed by atoms with Crippen molar-refractivity contribution in [3.05, 3.63) is 16.1 Å². The summed E-state index contributed by atoms with van der Waals surface area (Å²) in [6.07, 6.45) is 7.29. The topological polar surface area (TPSA) is 49.3 Å². The Morgan fingerprint density at radius 3 is 2.77 bits per heavy atom. The Morgan fingerprint density at radius 2 is 2.14 bits per heavy atom. The van der Waals surface area contributed by atoms with Crippen LogP contribution in [0.3, 0.4) is 0 Å². The lowest BCUT2D eigenvalue weighted by molar-refractivity contribution is 0.329. The first-order valence-corrected chi connectivity index (χ1v) is 9.51. The van der Waals surface area contributed by atoms with Crippen LogP contribution in [0.5, 0.6) is 0 Å². The quantitative estimate of drug-likeness (QED) is 0.479. The fraction of sp³-hybridized carbons (Fsp3) is 0.765. The second-order valence-corrected chi connectivity index (χ2v) is 7.29. The van der Waals surface area contributed by atoms with Crippen molar-refractivity contribution in [3.63, 3.8) is 0 Å². The highest BCUT2D eigenvalue weighted by molar-refractivity contribution is 7.09. The standard InChI is InChI=1S/C17H30N4S/c1-4-18-17(21-15-9-7-13(2)8-10-15)19-11-5-6-16-20-14(3)12-22-16/h12-13,15H,4-11H2,1-3H3,(H2,18,19,21). The minimum absolute atomic E-state index is 0.593. The van der Waals surface area contributed by atoms with Crippen molar-refractivity contribution in [3.8, 4) is 0 Å². The van der Waals surface area contributed by atoms with Gasteiger partial charge >= 0.3 is 0 Å². The van der Waals surface area contributed by atoms with Gasteiger partial charge in [0, 0.05) is 36.6 Å². The van der Waals surface area contributed by atoms with Gasteiger partial charge in [0.2, 0.25) is 0 Å². The number of aryl methyl sites for hydroxylation is 2. The van der Waals surface area contributed by atoms with Gasteiger partial charge in [-0.25, -0.2) is 4.98 Å². The van der Waals surface area contributed by atoms with E-state index in [1.54, 1.807) is 11.3 Å². The first kappa shape index (κ1) is 17.3. The number of guanidine groups is 1. The van der Waals surface area contributed by atoms with Crippen LogP contribution in [0.1, 0.15) is 56.7 Å². The molecule has 1 aromatic rings. The SMILES string of the molecule is CCNC(=NCCCc1nc(C)cs1)NC1CCC(C)CC1. The first-order chi connectivity index (χ1) is 10.7. The Morgan fingerprint density at radius 1 is 1.36 bits per heavy atom. The summed E-state index contributed by atoms with van der Waals surface area (Å²) in [4.78, 5) is 9.22. The lowest BCUT2D eigenvalue weighted by Gasteiger charge is -2.28. The van der Waals surface area contributed by atoms with Gasteiger partial charge in [0.15, 0.2) is 5.96 Å². The molecule has 5 heteroatoms. The predicted octanol–water partition coefficient (Wildman–Crippen LogP) is 3.52. The molecule has 0 bridgehead atoms. The third-order valence-electron chi connectivity index (χ3n) is 4.19. The van der Waals surface area contributed by atoms with Crippen molar-refractivity contribution < 1.29 is 0 Å². The van der Waals surface area contributed by atoms with Gasteiger partial charge in [-0.15, -0.1) is 11.3 Å². The Kier molecular flexibility index (Phi) is 7.16. The van der Waals surface area contributed by atoms with E-state index in [2.05, 4.69) is 41.8 Å². The van der Waals surface area contributed by atoms with Crippen LogP contribution < -0.4 is 10.6 Å². The lowest BCUT2D eigenvalue weighted by Crippen LogP contribution is -2.44. The zero-order chi connectivity index (χ0) is 15.8. The number of thiazole rings is 1. The lowest BCUT2D eigenvalue weighted by atomic mass is 9.87. The summed E-state index contributed by atoms with van der Waals surface area (Å²) >= 11 is 1.76. The molecule has 4 nitrogen and oxygen atoms in total. The van der Waals surface area contributed by atoms with Gasteiger partial charge in [-0.1, -0.05) is 6.92 Å². The fourth-order valence-corrected chi connectivity index (χ4v) is 3.67. The molecule has 0 atom stereocenters. The molecule has 1 saturated carbocycles. The molecular weight excluding hydrogens is 292 g/mol. The summed E-state index contributed by atoms with van der Waals surface area (Å²) in [6, 6.07) is 0.593. The second kappa shape index (κ2) is 9.13. The van der Waals surface area contributed by atoms with Gasteiger partial charge < -0.3 is 10.6 Å². The van der Waals surface area contributed by atoms with Crippen molar-refractivity contribution in [2.45, 2.75) is 65.3 Å². The van der Waals surface area contributed by atoms with E-state index < -0.39 is 0 Å². The monoisotopic (exact) mass is 322 g/mol.